The van der Waals surface area contributed by atoms with Gasteiger partial charge in [0.25, 0.3) is 5.56 Å². The second-order valence-electron chi connectivity index (χ2n) is 5.33. The third kappa shape index (κ3) is 3.83. The minimum atomic E-state index is -0.449. The lowest BCUT2D eigenvalue weighted by Crippen LogP contribution is -2.25. The number of aromatic amines is 2. The SMILES string of the molecule is CC[C@@H](Sc1nc2nc[nH]c2c(=O)[nH]1)C(=O)Nc1ccc(OC)c(Cl)c1. The predicted molar refractivity (Wildman–Crippen MR) is 101 cm³/mol. The van der Waals surface area contributed by atoms with E-state index >= 15 is 0 Å². The smallest absolute Gasteiger partial charge is 0.277 e. The topological polar surface area (TPSA) is 113 Å². The predicted octanol–water partition coefficient (Wildman–Crippen LogP) is 2.82. The van der Waals surface area contributed by atoms with Gasteiger partial charge in [-0.05, 0) is 24.6 Å². The first-order chi connectivity index (χ1) is 12.5. The lowest BCUT2D eigenvalue weighted by molar-refractivity contribution is -0.115. The zero-order chi connectivity index (χ0) is 18.7. The van der Waals surface area contributed by atoms with E-state index in [4.69, 9.17) is 16.3 Å². The maximum absolute atomic E-state index is 12.6. The van der Waals surface area contributed by atoms with E-state index in [9.17, 15) is 9.59 Å². The van der Waals surface area contributed by atoms with Crippen LogP contribution in [0, 0.1) is 0 Å². The molecule has 3 N–H and O–H groups in total. The molecule has 3 rings (SSSR count). The van der Waals surface area contributed by atoms with Crippen LogP contribution in [0.3, 0.4) is 0 Å². The monoisotopic (exact) mass is 393 g/mol. The van der Waals surface area contributed by atoms with Crippen LogP contribution in [0.15, 0.2) is 34.5 Å². The van der Waals surface area contributed by atoms with Crippen molar-refractivity contribution in [3.63, 3.8) is 0 Å². The van der Waals surface area contributed by atoms with Crippen molar-refractivity contribution in [1.29, 1.82) is 0 Å². The number of nitrogens with zero attached hydrogens (tertiary/aromatic N) is 2. The number of H-pyrrole nitrogens is 2. The van der Waals surface area contributed by atoms with Crippen molar-refractivity contribution in [1.82, 2.24) is 19.9 Å². The number of fused-ring (bicyclic) bond motifs is 1. The largest absolute Gasteiger partial charge is 0.495 e. The lowest BCUT2D eigenvalue weighted by atomic mass is 10.2. The molecule has 0 unspecified atom stereocenters. The number of carbonyl (C=O) groups is 1. The number of ether oxygens (including phenoxy) is 1. The molecule has 0 bridgehead atoms. The Morgan fingerprint density at radius 2 is 2.27 bits per heavy atom. The third-order valence-electron chi connectivity index (χ3n) is 3.61. The van der Waals surface area contributed by atoms with Gasteiger partial charge in [-0.25, -0.2) is 9.97 Å². The average molecular weight is 394 g/mol. The highest BCUT2D eigenvalue weighted by molar-refractivity contribution is 8.00. The molecule has 1 amide bonds. The Balaban J connectivity index is 1.76. The van der Waals surface area contributed by atoms with Crippen molar-refractivity contribution in [2.75, 3.05) is 12.4 Å². The first-order valence-corrected chi connectivity index (χ1v) is 9.02. The van der Waals surface area contributed by atoms with Crippen molar-refractivity contribution in [3.8, 4) is 5.75 Å². The van der Waals surface area contributed by atoms with Gasteiger partial charge in [0, 0.05) is 5.69 Å². The number of thioether (sulfide) groups is 1. The van der Waals surface area contributed by atoms with Crippen molar-refractivity contribution in [2.45, 2.75) is 23.8 Å². The van der Waals surface area contributed by atoms with Crippen LogP contribution in [0.4, 0.5) is 5.69 Å². The molecule has 1 atom stereocenters. The van der Waals surface area contributed by atoms with E-state index in [0.717, 1.165) is 0 Å². The van der Waals surface area contributed by atoms with Gasteiger partial charge in [0.15, 0.2) is 16.3 Å². The normalized spacial score (nSPS) is 12.1. The Hall–Kier alpha value is -2.52. The Morgan fingerprint density at radius 1 is 1.46 bits per heavy atom. The zero-order valence-corrected chi connectivity index (χ0v) is 15.6. The Kier molecular flexibility index (Phi) is 5.48. The number of benzene rings is 1. The van der Waals surface area contributed by atoms with E-state index in [-0.39, 0.29) is 11.5 Å². The van der Waals surface area contributed by atoms with Crippen molar-refractivity contribution in [3.05, 3.63) is 39.9 Å². The highest BCUT2D eigenvalue weighted by atomic mass is 35.5. The van der Waals surface area contributed by atoms with E-state index in [2.05, 4.69) is 25.3 Å². The Bertz CT molecular complexity index is 1000. The molecule has 0 aliphatic rings. The van der Waals surface area contributed by atoms with Crippen LogP contribution in [0.1, 0.15) is 13.3 Å². The minimum absolute atomic E-state index is 0.219. The van der Waals surface area contributed by atoms with Crippen LogP contribution in [0.25, 0.3) is 11.2 Å². The summed E-state index contributed by atoms with van der Waals surface area (Å²) in [5.74, 6) is 0.309. The number of amides is 1. The number of methoxy groups -OCH3 is 1. The molecule has 8 nitrogen and oxygen atoms in total. The molecule has 0 aliphatic heterocycles. The van der Waals surface area contributed by atoms with Crippen LogP contribution in [0.5, 0.6) is 5.75 Å². The molecule has 0 saturated carbocycles. The van der Waals surface area contributed by atoms with Gasteiger partial charge in [-0.15, -0.1) is 0 Å². The van der Waals surface area contributed by atoms with Crippen molar-refractivity contribution in [2.24, 2.45) is 0 Å². The molecule has 0 radical (unpaired) electrons. The highest BCUT2D eigenvalue weighted by Gasteiger charge is 2.20. The standard InChI is InChI=1S/C16H16ClN5O3S/c1-3-11(14(23)20-8-4-5-10(25-2)9(17)6-8)26-16-21-13-12(15(24)22-16)18-7-19-13/h4-7,11H,3H2,1-2H3,(H,20,23)(H2,18,19,21,22,24)/t11-/m1/s1. The number of anilines is 1. The molecule has 26 heavy (non-hydrogen) atoms. The highest BCUT2D eigenvalue weighted by Crippen LogP contribution is 2.28. The first kappa shape index (κ1) is 18.3. The van der Waals surface area contributed by atoms with Crippen LogP contribution >= 0.6 is 23.4 Å². The Labute approximate surface area is 157 Å². The van der Waals surface area contributed by atoms with E-state index in [1.54, 1.807) is 18.2 Å². The molecule has 10 heteroatoms. The number of halogens is 1. The van der Waals surface area contributed by atoms with E-state index < -0.39 is 5.25 Å². The summed E-state index contributed by atoms with van der Waals surface area (Å²) in [6.45, 7) is 1.88. The van der Waals surface area contributed by atoms with Gasteiger partial charge in [-0.3, -0.25) is 14.6 Å². The molecule has 2 aromatic heterocycles. The number of rotatable bonds is 6. The number of hydrogen-bond donors (Lipinski definition) is 3. The molecule has 0 saturated heterocycles. The van der Waals surface area contributed by atoms with Crippen LogP contribution in [-0.4, -0.2) is 38.2 Å². The van der Waals surface area contributed by atoms with Gasteiger partial charge in [-0.1, -0.05) is 30.3 Å². The summed E-state index contributed by atoms with van der Waals surface area (Å²) in [4.78, 5) is 38.2. The van der Waals surface area contributed by atoms with Gasteiger partial charge in [0.2, 0.25) is 5.91 Å². The number of aromatic nitrogens is 4. The zero-order valence-electron chi connectivity index (χ0n) is 14.0. The minimum Gasteiger partial charge on any atom is -0.495 e. The molecule has 136 valence electrons. The molecule has 3 aromatic rings. The van der Waals surface area contributed by atoms with Gasteiger partial charge in [-0.2, -0.15) is 0 Å². The summed E-state index contributed by atoms with van der Waals surface area (Å²) in [5, 5.41) is 3.10. The van der Waals surface area contributed by atoms with E-state index in [1.807, 2.05) is 6.92 Å². The van der Waals surface area contributed by atoms with Crippen molar-refractivity contribution < 1.29 is 9.53 Å². The average Bonchev–Trinajstić information content (AvgIpc) is 3.09. The van der Waals surface area contributed by atoms with Crippen molar-refractivity contribution >= 4 is 46.1 Å². The number of nitrogens with one attached hydrogen (secondary N) is 3. The number of hydrogen-bond acceptors (Lipinski definition) is 6. The van der Waals surface area contributed by atoms with Crippen LogP contribution < -0.4 is 15.6 Å². The molecular weight excluding hydrogens is 378 g/mol. The van der Waals surface area contributed by atoms with E-state index in [0.29, 0.717) is 39.2 Å². The van der Waals surface area contributed by atoms with Gasteiger partial charge < -0.3 is 15.0 Å². The molecular formula is C16H16ClN5O3S. The molecule has 1 aromatic carbocycles. The fourth-order valence-electron chi connectivity index (χ4n) is 2.30. The number of carbonyl (C=O) groups excluding carboxylic acids is 1. The van der Waals surface area contributed by atoms with Gasteiger partial charge in [0.05, 0.1) is 23.7 Å². The first-order valence-electron chi connectivity index (χ1n) is 7.76. The van der Waals surface area contributed by atoms with Gasteiger partial charge >= 0.3 is 0 Å². The number of imidazole rings is 1. The van der Waals surface area contributed by atoms with Crippen LogP contribution in [-0.2, 0) is 4.79 Å². The second-order valence-corrected chi connectivity index (χ2v) is 6.92. The maximum Gasteiger partial charge on any atom is 0.277 e. The fourth-order valence-corrected chi connectivity index (χ4v) is 3.45. The molecule has 0 fully saturated rings. The summed E-state index contributed by atoms with van der Waals surface area (Å²) in [6.07, 6.45) is 1.95. The fraction of sp³-hybridized carbons (Fsp3) is 0.250. The summed E-state index contributed by atoms with van der Waals surface area (Å²) >= 11 is 7.25. The van der Waals surface area contributed by atoms with Crippen LogP contribution in [0.2, 0.25) is 5.02 Å². The molecule has 0 aliphatic carbocycles. The lowest BCUT2D eigenvalue weighted by Gasteiger charge is -2.14. The Morgan fingerprint density at radius 3 is 2.96 bits per heavy atom. The summed E-state index contributed by atoms with van der Waals surface area (Å²) in [7, 11) is 1.52. The third-order valence-corrected chi connectivity index (χ3v) is 5.15. The molecule has 0 spiro atoms. The van der Waals surface area contributed by atoms with E-state index in [1.165, 1.54) is 25.2 Å². The second kappa shape index (κ2) is 7.79. The maximum atomic E-state index is 12.6. The van der Waals surface area contributed by atoms with Gasteiger partial charge in [0.1, 0.15) is 5.75 Å². The summed E-state index contributed by atoms with van der Waals surface area (Å²) < 4.78 is 5.09. The summed E-state index contributed by atoms with van der Waals surface area (Å²) in [5.41, 5.74) is 0.851. The quantitative estimate of drug-likeness (QED) is 0.438. The summed E-state index contributed by atoms with van der Waals surface area (Å²) in [6, 6.07) is 5.00. The molecule has 2 heterocycles.